The zero-order valence-corrected chi connectivity index (χ0v) is 8.86. The largest absolute Gasteiger partial charge is 0.471 e. The topological polar surface area (TPSA) is 52.3 Å². The van der Waals surface area contributed by atoms with Crippen LogP contribution in [0.2, 0.25) is 0 Å². The lowest BCUT2D eigenvalue weighted by molar-refractivity contribution is -0.126. The van der Waals surface area contributed by atoms with E-state index in [4.69, 9.17) is 10.5 Å². The van der Waals surface area contributed by atoms with Gasteiger partial charge in [-0.1, -0.05) is 26.0 Å². The van der Waals surface area contributed by atoms with Gasteiger partial charge in [0.25, 0.3) is 6.47 Å². The lowest BCUT2D eigenvalue weighted by Crippen LogP contribution is -1.88. The van der Waals surface area contributed by atoms with Crippen LogP contribution in [-0.4, -0.2) is 13.6 Å². The average Bonchev–Trinajstić information content (AvgIpc) is 2.19. The first-order valence-electron chi connectivity index (χ1n) is 4.43. The van der Waals surface area contributed by atoms with Gasteiger partial charge >= 0.3 is 0 Å². The average molecular weight is 195 g/mol. The molecule has 0 aliphatic carbocycles. The molecule has 0 aliphatic rings. The highest BCUT2D eigenvalue weighted by Gasteiger charge is 1.95. The van der Waals surface area contributed by atoms with Crippen molar-refractivity contribution in [1.29, 1.82) is 0 Å². The third-order valence-corrected chi connectivity index (χ3v) is 1.70. The van der Waals surface area contributed by atoms with Gasteiger partial charge in [0.05, 0.1) is 7.11 Å². The number of hydrogen-bond donors (Lipinski definition) is 1. The van der Waals surface area contributed by atoms with Crippen molar-refractivity contribution in [1.82, 2.24) is 0 Å². The fourth-order valence-corrected chi connectivity index (χ4v) is 0.881. The molecular formula is C11H17NO2. The molecule has 0 aromatic heterocycles. The molecule has 78 valence electrons. The van der Waals surface area contributed by atoms with Gasteiger partial charge in [0.2, 0.25) is 0 Å². The molecule has 0 spiro atoms. The van der Waals surface area contributed by atoms with Crippen LogP contribution >= 0.6 is 0 Å². The molecule has 14 heavy (non-hydrogen) atoms. The minimum absolute atomic E-state index is 0.375. The minimum Gasteiger partial charge on any atom is -0.471 e. The van der Waals surface area contributed by atoms with E-state index >= 15 is 0 Å². The maximum Gasteiger partial charge on any atom is 0.292 e. The summed E-state index contributed by atoms with van der Waals surface area (Å²) in [6, 6.07) is 8.02. The molecule has 0 radical (unpaired) electrons. The Balaban J connectivity index is 0.000000364. The Hall–Kier alpha value is -1.51. The molecule has 1 aromatic rings. The van der Waals surface area contributed by atoms with Crippen molar-refractivity contribution in [3.05, 3.63) is 29.8 Å². The third kappa shape index (κ3) is 5.19. The van der Waals surface area contributed by atoms with Gasteiger partial charge in [0.15, 0.2) is 0 Å². The second-order valence-electron chi connectivity index (χ2n) is 3.15. The number of nitrogen functional groups attached to an aromatic ring is 1. The summed E-state index contributed by atoms with van der Waals surface area (Å²) in [5.41, 5.74) is 7.71. The summed E-state index contributed by atoms with van der Waals surface area (Å²) in [5.74, 6) is 0.598. The molecule has 0 unspecified atom stereocenters. The molecule has 0 saturated heterocycles. The first-order valence-corrected chi connectivity index (χ1v) is 4.43. The Labute approximate surface area is 84.9 Å². The monoisotopic (exact) mass is 195 g/mol. The molecule has 1 rings (SSSR count). The molecule has 3 heteroatoms. The van der Waals surface area contributed by atoms with Crippen LogP contribution in [0.4, 0.5) is 5.69 Å². The van der Waals surface area contributed by atoms with Crippen LogP contribution in [0.5, 0.6) is 0 Å². The van der Waals surface area contributed by atoms with Gasteiger partial charge < -0.3 is 10.5 Å². The number of anilines is 1. The fraction of sp³-hybridized carbons (Fsp3) is 0.364. The second kappa shape index (κ2) is 6.95. The van der Waals surface area contributed by atoms with Crippen LogP contribution in [0.1, 0.15) is 25.3 Å². The molecule has 3 nitrogen and oxygen atoms in total. The van der Waals surface area contributed by atoms with Crippen LogP contribution in [0, 0.1) is 0 Å². The molecule has 0 saturated carbocycles. The molecule has 0 amide bonds. The van der Waals surface area contributed by atoms with Gasteiger partial charge in [-0.3, -0.25) is 4.79 Å². The highest BCUT2D eigenvalue weighted by Crippen LogP contribution is 2.14. The highest BCUT2D eigenvalue weighted by molar-refractivity contribution is 5.39. The van der Waals surface area contributed by atoms with E-state index in [1.165, 1.54) is 12.7 Å². The number of rotatable bonds is 2. The van der Waals surface area contributed by atoms with E-state index in [0.717, 1.165) is 5.69 Å². The van der Waals surface area contributed by atoms with E-state index in [9.17, 15) is 0 Å². The first-order chi connectivity index (χ1) is 6.61. The van der Waals surface area contributed by atoms with Crippen LogP contribution in [0.25, 0.3) is 0 Å². The molecule has 0 atom stereocenters. The Morgan fingerprint density at radius 2 is 1.71 bits per heavy atom. The Kier molecular flexibility index (Phi) is 6.20. The predicted octanol–water partition coefficient (Wildman–Crippen LogP) is 2.18. The number of hydrogen-bond acceptors (Lipinski definition) is 3. The number of carbonyl (C=O) groups excluding carboxylic acids is 1. The van der Waals surface area contributed by atoms with Crippen LogP contribution in [0.15, 0.2) is 24.3 Å². The Morgan fingerprint density at radius 1 is 1.29 bits per heavy atom. The molecule has 0 heterocycles. The first kappa shape index (κ1) is 12.5. The summed E-state index contributed by atoms with van der Waals surface area (Å²) in [7, 11) is 1.31. The predicted molar refractivity (Wildman–Crippen MR) is 58.0 cm³/mol. The van der Waals surface area contributed by atoms with Gasteiger partial charge in [0.1, 0.15) is 0 Å². The summed E-state index contributed by atoms with van der Waals surface area (Å²) in [4.78, 5) is 8.95. The molecule has 2 N–H and O–H groups in total. The van der Waals surface area contributed by atoms with Crippen molar-refractivity contribution in [3.63, 3.8) is 0 Å². The van der Waals surface area contributed by atoms with Crippen molar-refractivity contribution in [2.75, 3.05) is 12.8 Å². The SMILES string of the molecule is CC(C)c1ccc(N)cc1.COC=O. The zero-order valence-electron chi connectivity index (χ0n) is 8.86. The maximum absolute atomic E-state index is 8.95. The normalized spacial score (nSPS) is 8.86. The number of nitrogens with two attached hydrogens (primary N) is 1. The smallest absolute Gasteiger partial charge is 0.292 e. The van der Waals surface area contributed by atoms with Gasteiger partial charge in [-0.15, -0.1) is 0 Å². The summed E-state index contributed by atoms with van der Waals surface area (Å²) in [6.45, 7) is 4.72. The van der Waals surface area contributed by atoms with E-state index in [2.05, 4.69) is 30.7 Å². The summed E-state index contributed by atoms with van der Waals surface area (Å²) >= 11 is 0. The molecule has 0 aliphatic heterocycles. The maximum atomic E-state index is 8.95. The molecule has 0 fully saturated rings. The van der Waals surface area contributed by atoms with Crippen molar-refractivity contribution < 1.29 is 9.53 Å². The van der Waals surface area contributed by atoms with E-state index in [-0.39, 0.29) is 0 Å². The summed E-state index contributed by atoms with van der Waals surface area (Å²) in [6.07, 6.45) is 0. The van der Waals surface area contributed by atoms with Crippen molar-refractivity contribution in [2.45, 2.75) is 19.8 Å². The zero-order chi connectivity index (χ0) is 11.0. The molecule has 0 bridgehead atoms. The number of carbonyl (C=O) groups is 1. The van der Waals surface area contributed by atoms with Gasteiger partial charge in [-0.2, -0.15) is 0 Å². The quantitative estimate of drug-likeness (QED) is 0.581. The number of ether oxygens (including phenoxy) is 1. The highest BCUT2D eigenvalue weighted by atomic mass is 16.5. The molecular weight excluding hydrogens is 178 g/mol. The van der Waals surface area contributed by atoms with Gasteiger partial charge in [0, 0.05) is 5.69 Å². The van der Waals surface area contributed by atoms with Crippen LogP contribution in [-0.2, 0) is 9.53 Å². The number of benzene rings is 1. The third-order valence-electron chi connectivity index (χ3n) is 1.70. The number of methoxy groups -OCH3 is 1. The van der Waals surface area contributed by atoms with Crippen LogP contribution < -0.4 is 5.73 Å². The van der Waals surface area contributed by atoms with E-state index < -0.39 is 0 Å². The lowest BCUT2D eigenvalue weighted by Gasteiger charge is -2.03. The van der Waals surface area contributed by atoms with E-state index in [0.29, 0.717) is 12.4 Å². The van der Waals surface area contributed by atoms with Crippen LogP contribution in [0.3, 0.4) is 0 Å². The Morgan fingerprint density at radius 3 is 2.00 bits per heavy atom. The summed E-state index contributed by atoms with van der Waals surface area (Å²) < 4.78 is 3.86. The van der Waals surface area contributed by atoms with E-state index in [1.807, 2.05) is 12.1 Å². The minimum atomic E-state index is 0.375. The molecule has 1 aromatic carbocycles. The fourth-order valence-electron chi connectivity index (χ4n) is 0.881. The second-order valence-corrected chi connectivity index (χ2v) is 3.15. The summed E-state index contributed by atoms with van der Waals surface area (Å²) in [5, 5.41) is 0. The van der Waals surface area contributed by atoms with Gasteiger partial charge in [-0.25, -0.2) is 0 Å². The van der Waals surface area contributed by atoms with Gasteiger partial charge in [-0.05, 0) is 23.6 Å². The van der Waals surface area contributed by atoms with Crippen molar-refractivity contribution in [3.8, 4) is 0 Å². The lowest BCUT2D eigenvalue weighted by atomic mass is 10.0. The van der Waals surface area contributed by atoms with Crippen molar-refractivity contribution in [2.24, 2.45) is 0 Å². The standard InChI is InChI=1S/C9H13N.C2H4O2/c1-7(2)8-3-5-9(10)6-4-8;1-4-2-3/h3-7H,10H2,1-2H3;2H,1H3. The Bertz CT molecular complexity index is 254. The van der Waals surface area contributed by atoms with E-state index in [1.54, 1.807) is 0 Å². The van der Waals surface area contributed by atoms with Crippen molar-refractivity contribution >= 4 is 12.2 Å².